The van der Waals surface area contributed by atoms with Gasteiger partial charge in [0.15, 0.2) is 11.5 Å². The molecule has 0 unspecified atom stereocenters. The van der Waals surface area contributed by atoms with Gasteiger partial charge in [0.05, 0.1) is 18.9 Å². The third-order valence-electron chi connectivity index (χ3n) is 3.47. The molecule has 0 saturated carbocycles. The molecule has 6 heteroatoms. The van der Waals surface area contributed by atoms with Crippen LogP contribution in [-0.4, -0.2) is 29.8 Å². The van der Waals surface area contributed by atoms with E-state index in [9.17, 15) is 15.0 Å². The molecule has 0 atom stereocenters. The molecule has 0 radical (unpaired) electrons. The minimum atomic E-state index is -0.384. The Morgan fingerprint density at radius 1 is 1.25 bits per heavy atom. The molecule has 0 aromatic heterocycles. The van der Waals surface area contributed by atoms with E-state index in [-0.39, 0.29) is 17.2 Å². The van der Waals surface area contributed by atoms with E-state index in [4.69, 9.17) is 16.3 Å². The van der Waals surface area contributed by atoms with Crippen LogP contribution in [0.25, 0.3) is 5.57 Å². The van der Waals surface area contributed by atoms with Crippen molar-refractivity contribution < 1.29 is 19.7 Å². The monoisotopic (exact) mass is 347 g/mol. The number of aliphatic hydroxyl groups excluding tert-OH is 1. The number of aromatic hydroxyl groups is 1. The van der Waals surface area contributed by atoms with Crippen molar-refractivity contribution in [2.24, 2.45) is 0 Å². The maximum Gasteiger partial charge on any atom is 0.255 e. The Balaban J connectivity index is 1.96. The molecule has 0 aliphatic carbocycles. The molecule has 126 valence electrons. The van der Waals surface area contributed by atoms with Crippen molar-refractivity contribution in [3.8, 4) is 11.5 Å². The van der Waals surface area contributed by atoms with E-state index in [2.05, 4.69) is 5.32 Å². The van der Waals surface area contributed by atoms with Crippen LogP contribution in [0.2, 0.25) is 5.02 Å². The summed E-state index contributed by atoms with van der Waals surface area (Å²) in [4.78, 5) is 12.2. The zero-order valence-corrected chi connectivity index (χ0v) is 13.9. The van der Waals surface area contributed by atoms with E-state index >= 15 is 0 Å². The first-order chi connectivity index (χ1) is 11.5. The van der Waals surface area contributed by atoms with Gasteiger partial charge in [0.25, 0.3) is 5.91 Å². The van der Waals surface area contributed by atoms with Crippen LogP contribution in [0.15, 0.2) is 48.7 Å². The highest BCUT2D eigenvalue weighted by molar-refractivity contribution is 6.30. The number of carbonyl (C=O) groups excluding carboxylic acids is 1. The molecule has 0 aliphatic heterocycles. The van der Waals surface area contributed by atoms with Crippen molar-refractivity contribution in [3.63, 3.8) is 0 Å². The van der Waals surface area contributed by atoms with Crippen LogP contribution in [0, 0.1) is 0 Å². The molecule has 2 rings (SSSR count). The average molecular weight is 348 g/mol. The lowest BCUT2D eigenvalue weighted by Gasteiger charge is -2.10. The fraction of sp³-hybridized carbons (Fsp3) is 0.167. The number of halogens is 1. The molecule has 24 heavy (non-hydrogen) atoms. The van der Waals surface area contributed by atoms with Gasteiger partial charge in [0, 0.05) is 11.6 Å². The number of ether oxygens (including phenoxy) is 1. The second-order valence-corrected chi connectivity index (χ2v) is 5.50. The molecule has 5 nitrogen and oxygen atoms in total. The van der Waals surface area contributed by atoms with Gasteiger partial charge in [-0.25, -0.2) is 0 Å². The molecule has 2 aromatic rings. The molecular formula is C18H18ClNO4. The summed E-state index contributed by atoms with van der Waals surface area (Å²) in [6, 6.07) is 11.6. The number of hydrogen-bond acceptors (Lipinski definition) is 4. The summed E-state index contributed by atoms with van der Waals surface area (Å²) in [5.74, 6) is 0.0695. The van der Waals surface area contributed by atoms with Gasteiger partial charge in [-0.2, -0.15) is 0 Å². The molecule has 1 amide bonds. The Morgan fingerprint density at radius 3 is 2.58 bits per heavy atom. The predicted molar refractivity (Wildman–Crippen MR) is 93.4 cm³/mol. The first-order valence-electron chi connectivity index (χ1n) is 7.29. The molecule has 0 heterocycles. The van der Waals surface area contributed by atoms with Crippen LogP contribution in [0.1, 0.15) is 11.1 Å². The first-order valence-corrected chi connectivity index (χ1v) is 7.67. The highest BCUT2D eigenvalue weighted by Gasteiger charge is 2.12. The standard InChI is InChI=1S/C18H18ClNO4/c1-24-17-10-12(2-7-16(17)22)8-9-20-18(23)15(11-21)13-3-5-14(19)6-4-13/h2-7,10-11,21-22H,8-9H2,1H3,(H,20,23)/b15-11+. The molecular weight excluding hydrogens is 330 g/mol. The van der Waals surface area contributed by atoms with Gasteiger partial charge in [0.1, 0.15) is 0 Å². The Hall–Kier alpha value is -2.66. The number of carbonyl (C=O) groups is 1. The minimum Gasteiger partial charge on any atom is -0.515 e. The van der Waals surface area contributed by atoms with Gasteiger partial charge in [-0.1, -0.05) is 29.8 Å². The lowest BCUT2D eigenvalue weighted by Crippen LogP contribution is -2.26. The smallest absolute Gasteiger partial charge is 0.255 e. The van der Waals surface area contributed by atoms with E-state index in [1.54, 1.807) is 42.5 Å². The number of amides is 1. The topological polar surface area (TPSA) is 78.8 Å². The lowest BCUT2D eigenvalue weighted by molar-refractivity contribution is -0.115. The number of rotatable bonds is 6. The normalized spacial score (nSPS) is 11.2. The van der Waals surface area contributed by atoms with E-state index in [1.165, 1.54) is 7.11 Å². The SMILES string of the molecule is COc1cc(CCNC(=O)/C(=C/O)c2ccc(Cl)cc2)ccc1O. The first kappa shape index (κ1) is 17.7. The highest BCUT2D eigenvalue weighted by Crippen LogP contribution is 2.26. The van der Waals surface area contributed by atoms with Gasteiger partial charge >= 0.3 is 0 Å². The average Bonchev–Trinajstić information content (AvgIpc) is 2.58. The summed E-state index contributed by atoms with van der Waals surface area (Å²) < 4.78 is 5.05. The molecule has 0 spiro atoms. The number of hydrogen-bond donors (Lipinski definition) is 3. The summed E-state index contributed by atoms with van der Waals surface area (Å²) in [7, 11) is 1.48. The van der Waals surface area contributed by atoms with Crippen molar-refractivity contribution in [3.05, 3.63) is 64.9 Å². The number of phenolic OH excluding ortho intramolecular Hbond substituents is 1. The summed E-state index contributed by atoms with van der Waals surface area (Å²) in [5, 5.41) is 22.2. The van der Waals surface area contributed by atoms with Crippen LogP contribution < -0.4 is 10.1 Å². The molecule has 0 aliphatic rings. The van der Waals surface area contributed by atoms with Crippen LogP contribution in [0.3, 0.4) is 0 Å². The summed E-state index contributed by atoms with van der Waals surface area (Å²) in [6.45, 7) is 0.373. The summed E-state index contributed by atoms with van der Waals surface area (Å²) in [5.41, 5.74) is 1.65. The third-order valence-corrected chi connectivity index (χ3v) is 3.72. The van der Waals surface area contributed by atoms with E-state index in [0.29, 0.717) is 29.3 Å². The second kappa shape index (κ2) is 8.26. The Morgan fingerprint density at radius 2 is 1.96 bits per heavy atom. The molecule has 3 N–H and O–H groups in total. The zero-order chi connectivity index (χ0) is 17.5. The number of methoxy groups -OCH3 is 1. The van der Waals surface area contributed by atoms with Crippen LogP contribution >= 0.6 is 11.6 Å². The quantitative estimate of drug-likeness (QED) is 0.553. The van der Waals surface area contributed by atoms with Gasteiger partial charge in [-0.3, -0.25) is 4.79 Å². The van der Waals surface area contributed by atoms with Crippen molar-refractivity contribution >= 4 is 23.1 Å². The predicted octanol–water partition coefficient (Wildman–Crippen LogP) is 3.31. The van der Waals surface area contributed by atoms with Crippen molar-refractivity contribution in [2.45, 2.75) is 6.42 Å². The summed E-state index contributed by atoms with van der Waals surface area (Å²) in [6.07, 6.45) is 1.34. The van der Waals surface area contributed by atoms with E-state index < -0.39 is 0 Å². The lowest BCUT2D eigenvalue weighted by atomic mass is 10.1. The maximum absolute atomic E-state index is 12.2. The van der Waals surface area contributed by atoms with E-state index in [1.807, 2.05) is 0 Å². The molecule has 0 bridgehead atoms. The van der Waals surface area contributed by atoms with Crippen molar-refractivity contribution in [2.75, 3.05) is 13.7 Å². The van der Waals surface area contributed by atoms with Crippen LogP contribution in [0.4, 0.5) is 0 Å². The van der Waals surface area contributed by atoms with Gasteiger partial charge in [-0.05, 0) is 41.8 Å². The number of aliphatic hydroxyl groups is 1. The fourth-order valence-electron chi connectivity index (χ4n) is 2.19. The van der Waals surface area contributed by atoms with Crippen molar-refractivity contribution in [1.82, 2.24) is 5.32 Å². The number of benzene rings is 2. The van der Waals surface area contributed by atoms with Gasteiger partial charge < -0.3 is 20.3 Å². The fourth-order valence-corrected chi connectivity index (χ4v) is 2.31. The molecule has 0 saturated heterocycles. The Bertz CT molecular complexity index is 741. The molecule has 0 fully saturated rings. The van der Waals surface area contributed by atoms with E-state index in [0.717, 1.165) is 11.8 Å². The van der Waals surface area contributed by atoms with Crippen molar-refractivity contribution in [1.29, 1.82) is 0 Å². The van der Waals surface area contributed by atoms with Gasteiger partial charge in [-0.15, -0.1) is 0 Å². The Labute approximate surface area is 145 Å². The number of nitrogens with one attached hydrogen (secondary N) is 1. The third kappa shape index (κ3) is 4.43. The minimum absolute atomic E-state index is 0.0681. The summed E-state index contributed by atoms with van der Waals surface area (Å²) >= 11 is 5.82. The maximum atomic E-state index is 12.2. The largest absolute Gasteiger partial charge is 0.515 e. The van der Waals surface area contributed by atoms with Crippen LogP contribution in [-0.2, 0) is 11.2 Å². The molecule has 2 aromatic carbocycles. The second-order valence-electron chi connectivity index (χ2n) is 5.06. The zero-order valence-electron chi connectivity index (χ0n) is 13.1. The number of phenols is 1. The van der Waals surface area contributed by atoms with Crippen LogP contribution in [0.5, 0.6) is 11.5 Å². The highest BCUT2D eigenvalue weighted by atomic mass is 35.5. The Kier molecular flexibility index (Phi) is 6.09. The van der Waals surface area contributed by atoms with Gasteiger partial charge in [0.2, 0.25) is 0 Å².